The summed E-state index contributed by atoms with van der Waals surface area (Å²) >= 11 is 0. The first kappa shape index (κ1) is 16.3. The number of anilines is 1. The highest BCUT2D eigenvalue weighted by Gasteiger charge is 2.17. The number of amides is 1. The van der Waals surface area contributed by atoms with Gasteiger partial charge in [-0.05, 0) is 29.8 Å². The van der Waals surface area contributed by atoms with Crippen LogP contribution in [0.25, 0.3) is 11.3 Å². The van der Waals surface area contributed by atoms with Gasteiger partial charge in [0.1, 0.15) is 23.3 Å². The van der Waals surface area contributed by atoms with Crippen molar-refractivity contribution in [3.8, 4) is 17.3 Å². The molecule has 7 heteroatoms. The fourth-order valence-electron chi connectivity index (χ4n) is 2.42. The molecule has 1 aromatic heterocycles. The van der Waals surface area contributed by atoms with Gasteiger partial charge in [-0.1, -0.05) is 18.2 Å². The third-order valence-corrected chi connectivity index (χ3v) is 3.62. The minimum atomic E-state index is -0.923. The molecule has 5 nitrogen and oxygen atoms in total. The van der Waals surface area contributed by atoms with Crippen molar-refractivity contribution in [3.05, 3.63) is 71.4 Å². The Balaban J connectivity index is 1.82. The van der Waals surface area contributed by atoms with Crippen LogP contribution in [0.2, 0.25) is 0 Å². The quantitative estimate of drug-likeness (QED) is 0.795. The van der Waals surface area contributed by atoms with Gasteiger partial charge < -0.3 is 5.32 Å². The topological polar surface area (TPSA) is 70.7 Å². The summed E-state index contributed by atoms with van der Waals surface area (Å²) in [6.45, 7) is 0. The Labute approximate surface area is 142 Å². The highest BCUT2D eigenvalue weighted by atomic mass is 19.1. The van der Waals surface area contributed by atoms with Crippen molar-refractivity contribution in [2.75, 3.05) is 5.32 Å². The van der Waals surface area contributed by atoms with Gasteiger partial charge in [0.05, 0.1) is 5.69 Å². The average Bonchev–Trinajstić information content (AvgIpc) is 2.96. The van der Waals surface area contributed by atoms with E-state index >= 15 is 0 Å². The van der Waals surface area contributed by atoms with Gasteiger partial charge in [0, 0.05) is 18.8 Å². The molecule has 0 saturated carbocycles. The number of nitrogens with one attached hydrogen (secondary N) is 1. The summed E-state index contributed by atoms with van der Waals surface area (Å²) in [6, 6.07) is 13.5. The maximum absolute atomic E-state index is 13.6. The predicted molar refractivity (Wildman–Crippen MR) is 87.7 cm³/mol. The number of hydrogen-bond donors (Lipinski definition) is 1. The van der Waals surface area contributed by atoms with Gasteiger partial charge >= 0.3 is 0 Å². The lowest BCUT2D eigenvalue weighted by atomic mass is 10.1. The second kappa shape index (κ2) is 6.53. The third kappa shape index (κ3) is 3.23. The molecule has 124 valence electrons. The minimum Gasteiger partial charge on any atom is -0.322 e. The van der Waals surface area contributed by atoms with E-state index in [0.29, 0.717) is 11.4 Å². The lowest BCUT2D eigenvalue weighted by molar-refractivity contribution is 0.101. The van der Waals surface area contributed by atoms with Gasteiger partial charge in [-0.25, -0.2) is 8.78 Å². The van der Waals surface area contributed by atoms with Gasteiger partial charge in [-0.2, -0.15) is 10.4 Å². The summed E-state index contributed by atoms with van der Waals surface area (Å²) in [4.78, 5) is 12.1. The van der Waals surface area contributed by atoms with Gasteiger partial charge in [0.2, 0.25) is 0 Å². The van der Waals surface area contributed by atoms with E-state index in [4.69, 9.17) is 5.26 Å². The first-order chi connectivity index (χ1) is 12.0. The molecule has 0 fully saturated rings. The van der Waals surface area contributed by atoms with E-state index in [1.165, 1.54) is 6.07 Å². The number of hydrogen-bond acceptors (Lipinski definition) is 3. The summed E-state index contributed by atoms with van der Waals surface area (Å²) in [5.41, 5.74) is 1.57. The normalized spacial score (nSPS) is 10.3. The maximum atomic E-state index is 13.6. The predicted octanol–water partition coefficient (Wildman–Crippen LogP) is 3.49. The van der Waals surface area contributed by atoms with Crippen LogP contribution in [0.3, 0.4) is 0 Å². The van der Waals surface area contributed by atoms with Crippen LogP contribution in [0.4, 0.5) is 14.5 Å². The van der Waals surface area contributed by atoms with E-state index < -0.39 is 23.1 Å². The largest absolute Gasteiger partial charge is 0.322 e. The van der Waals surface area contributed by atoms with Crippen LogP contribution in [-0.2, 0) is 7.05 Å². The van der Waals surface area contributed by atoms with Crippen LogP contribution in [0.5, 0.6) is 0 Å². The molecule has 0 aliphatic carbocycles. The molecule has 0 radical (unpaired) electrons. The van der Waals surface area contributed by atoms with Crippen LogP contribution in [0, 0.1) is 23.0 Å². The molecule has 25 heavy (non-hydrogen) atoms. The minimum absolute atomic E-state index is 0.296. The second-order valence-corrected chi connectivity index (χ2v) is 5.28. The number of nitriles is 1. The van der Waals surface area contributed by atoms with Gasteiger partial charge in [-0.15, -0.1) is 0 Å². The van der Waals surface area contributed by atoms with Crippen molar-refractivity contribution in [2.24, 2.45) is 7.05 Å². The Bertz CT molecular complexity index is 967. The SMILES string of the molecule is Cn1nc(C#N)cc1-c1ccc(NC(=O)c2c(F)cccc2F)cc1. The molecule has 1 heterocycles. The van der Waals surface area contributed by atoms with E-state index in [2.05, 4.69) is 10.4 Å². The molecule has 1 amide bonds. The number of aromatic nitrogens is 2. The molecule has 0 bridgehead atoms. The molecule has 2 aromatic carbocycles. The van der Waals surface area contributed by atoms with Crippen LogP contribution in [0.1, 0.15) is 16.1 Å². The maximum Gasteiger partial charge on any atom is 0.261 e. The van der Waals surface area contributed by atoms with Crippen LogP contribution in [0.15, 0.2) is 48.5 Å². The number of rotatable bonds is 3. The van der Waals surface area contributed by atoms with Crippen LogP contribution < -0.4 is 5.32 Å². The molecule has 0 saturated heterocycles. The fourth-order valence-corrected chi connectivity index (χ4v) is 2.42. The van der Waals surface area contributed by atoms with Gasteiger partial charge in [0.15, 0.2) is 5.69 Å². The first-order valence-electron chi connectivity index (χ1n) is 7.29. The second-order valence-electron chi connectivity index (χ2n) is 5.28. The van der Waals surface area contributed by atoms with Crippen molar-refractivity contribution in [1.29, 1.82) is 5.26 Å². The Kier molecular flexibility index (Phi) is 4.27. The molecular formula is C18H12F2N4O. The van der Waals surface area contributed by atoms with Crippen molar-refractivity contribution < 1.29 is 13.6 Å². The number of carbonyl (C=O) groups excluding carboxylic acids is 1. The number of benzene rings is 2. The molecule has 0 unspecified atom stereocenters. The molecule has 3 aromatic rings. The van der Waals surface area contributed by atoms with Crippen LogP contribution >= 0.6 is 0 Å². The average molecular weight is 338 g/mol. The molecule has 3 rings (SSSR count). The van der Waals surface area contributed by atoms with E-state index in [9.17, 15) is 13.6 Å². The molecule has 0 spiro atoms. The smallest absolute Gasteiger partial charge is 0.261 e. The lowest BCUT2D eigenvalue weighted by Crippen LogP contribution is -2.15. The van der Waals surface area contributed by atoms with Crippen molar-refractivity contribution in [3.63, 3.8) is 0 Å². The van der Waals surface area contributed by atoms with Crippen molar-refractivity contribution in [2.45, 2.75) is 0 Å². The molecule has 1 N–H and O–H groups in total. The molecule has 0 atom stereocenters. The Morgan fingerprint density at radius 2 is 1.80 bits per heavy atom. The zero-order valence-corrected chi connectivity index (χ0v) is 13.1. The summed E-state index contributed by atoms with van der Waals surface area (Å²) in [5.74, 6) is -2.71. The monoisotopic (exact) mass is 338 g/mol. The highest BCUT2D eigenvalue weighted by molar-refractivity contribution is 6.04. The zero-order valence-electron chi connectivity index (χ0n) is 13.1. The summed E-state index contributed by atoms with van der Waals surface area (Å²) in [5, 5.41) is 15.4. The third-order valence-electron chi connectivity index (χ3n) is 3.62. The van der Waals surface area contributed by atoms with E-state index in [1.807, 2.05) is 6.07 Å². The Morgan fingerprint density at radius 1 is 1.16 bits per heavy atom. The summed E-state index contributed by atoms with van der Waals surface area (Å²) in [6.07, 6.45) is 0. The van der Waals surface area contributed by atoms with E-state index in [0.717, 1.165) is 23.4 Å². The number of aryl methyl sites for hydroxylation is 1. The van der Waals surface area contributed by atoms with Crippen LogP contribution in [-0.4, -0.2) is 15.7 Å². The van der Waals surface area contributed by atoms with Crippen molar-refractivity contribution >= 4 is 11.6 Å². The van der Waals surface area contributed by atoms with Gasteiger partial charge in [0.25, 0.3) is 5.91 Å². The van der Waals surface area contributed by atoms with Gasteiger partial charge in [-0.3, -0.25) is 9.48 Å². The molecule has 0 aliphatic heterocycles. The fraction of sp³-hybridized carbons (Fsp3) is 0.0556. The number of carbonyl (C=O) groups is 1. The summed E-state index contributed by atoms with van der Waals surface area (Å²) < 4.78 is 28.8. The Hall–Kier alpha value is -3.53. The Morgan fingerprint density at radius 3 is 2.36 bits per heavy atom. The molecule has 0 aliphatic rings. The number of nitrogens with zero attached hydrogens (tertiary/aromatic N) is 3. The lowest BCUT2D eigenvalue weighted by Gasteiger charge is -2.08. The summed E-state index contributed by atoms with van der Waals surface area (Å²) in [7, 11) is 1.72. The van der Waals surface area contributed by atoms with E-state index in [-0.39, 0.29) is 0 Å². The van der Waals surface area contributed by atoms with Crippen molar-refractivity contribution in [1.82, 2.24) is 9.78 Å². The first-order valence-corrected chi connectivity index (χ1v) is 7.29. The molecular weight excluding hydrogens is 326 g/mol. The highest BCUT2D eigenvalue weighted by Crippen LogP contribution is 2.22. The standard InChI is InChI=1S/C18H12F2N4O/c1-24-16(9-13(10-21)23-24)11-5-7-12(8-6-11)22-18(25)17-14(19)3-2-4-15(17)20/h2-9H,1H3,(H,22,25). The van der Waals surface area contributed by atoms with E-state index in [1.54, 1.807) is 42.1 Å². The number of halogens is 2. The zero-order chi connectivity index (χ0) is 18.0.